The van der Waals surface area contributed by atoms with Gasteiger partial charge in [0.25, 0.3) is 11.1 Å². The van der Waals surface area contributed by atoms with E-state index in [1.807, 2.05) is 0 Å². The number of nitrogens with two attached hydrogens (primary N) is 1. The molecule has 0 bridgehead atoms. The molecule has 0 aliphatic rings. The number of nitrogens with zero attached hydrogens (tertiary/aromatic N) is 3. The Bertz CT molecular complexity index is 1710. The number of nitrogen functional groups attached to an aromatic ring is 1. The summed E-state index contributed by atoms with van der Waals surface area (Å²) in [7, 11) is 0. The number of hydrogen-bond donors (Lipinski definition) is 2. The average molecular weight is 484 g/mol. The van der Waals surface area contributed by atoms with Gasteiger partial charge in [-0.1, -0.05) is 17.7 Å². The maximum absolute atomic E-state index is 13.7. The lowest BCUT2D eigenvalue weighted by Crippen LogP contribution is -2.24. The number of anilines is 1. The van der Waals surface area contributed by atoms with E-state index in [4.69, 9.17) is 17.3 Å². The van der Waals surface area contributed by atoms with Crippen LogP contribution < -0.4 is 16.9 Å². The molecule has 3 heterocycles. The number of alkyl halides is 3. The Labute approximate surface area is 193 Å². The van der Waals surface area contributed by atoms with Crippen LogP contribution in [0, 0.1) is 0 Å². The molecule has 0 saturated carbocycles. The van der Waals surface area contributed by atoms with Crippen LogP contribution in [0.15, 0.2) is 70.4 Å². The molecule has 7 nitrogen and oxygen atoms in total. The first-order valence-electron chi connectivity index (χ1n) is 9.81. The van der Waals surface area contributed by atoms with E-state index in [2.05, 4.69) is 15.0 Å². The van der Waals surface area contributed by atoms with Crippen LogP contribution in [0.4, 0.5) is 18.9 Å². The summed E-state index contributed by atoms with van der Waals surface area (Å²) < 4.78 is 41.2. The third kappa shape index (κ3) is 3.57. The van der Waals surface area contributed by atoms with Crippen LogP contribution in [0.25, 0.3) is 38.9 Å². The van der Waals surface area contributed by atoms with E-state index in [0.29, 0.717) is 21.6 Å². The summed E-state index contributed by atoms with van der Waals surface area (Å²) in [6.45, 7) is 0. The molecule has 0 fully saturated rings. The first kappa shape index (κ1) is 21.7. The highest BCUT2D eigenvalue weighted by Gasteiger charge is 2.33. The number of pyridine rings is 2. The molecule has 5 aromatic rings. The third-order valence-electron chi connectivity index (χ3n) is 5.30. The number of aromatic nitrogens is 4. The lowest BCUT2D eigenvalue weighted by molar-refractivity contribution is -0.141. The van der Waals surface area contributed by atoms with Crippen LogP contribution in [0.1, 0.15) is 5.69 Å². The van der Waals surface area contributed by atoms with Gasteiger partial charge in [-0.25, -0.2) is 9.97 Å². The summed E-state index contributed by atoms with van der Waals surface area (Å²) in [5, 5.41) is 0.532. The second-order valence-electron chi connectivity index (χ2n) is 7.45. The first-order chi connectivity index (χ1) is 16.1. The molecule has 0 aliphatic heterocycles. The minimum Gasteiger partial charge on any atom is -0.397 e. The van der Waals surface area contributed by atoms with Crippen molar-refractivity contribution in [3.8, 4) is 16.8 Å². The van der Waals surface area contributed by atoms with Crippen LogP contribution in [-0.2, 0) is 6.18 Å². The fourth-order valence-corrected chi connectivity index (χ4v) is 3.88. The SMILES string of the molecule is Nc1c(-c2ccc3ncc(=O)[nH]c3c2)c(=O)n(-c2ccc(Cl)cc2)c2nc(C(F)(F)F)ccc12. The van der Waals surface area contributed by atoms with Crippen LogP contribution in [0.3, 0.4) is 0 Å². The Kier molecular flexibility index (Phi) is 4.90. The second kappa shape index (κ2) is 7.70. The molecule has 2 aromatic carbocycles. The largest absolute Gasteiger partial charge is 0.433 e. The predicted molar refractivity (Wildman–Crippen MR) is 123 cm³/mol. The van der Waals surface area contributed by atoms with Crippen LogP contribution in [-0.4, -0.2) is 19.5 Å². The summed E-state index contributed by atoms with van der Waals surface area (Å²) in [5.41, 5.74) is 5.22. The van der Waals surface area contributed by atoms with Crippen molar-refractivity contribution >= 4 is 39.4 Å². The summed E-state index contributed by atoms with van der Waals surface area (Å²) in [6, 6.07) is 12.7. The van der Waals surface area contributed by atoms with Crippen molar-refractivity contribution in [3.63, 3.8) is 0 Å². The second-order valence-corrected chi connectivity index (χ2v) is 7.89. The fraction of sp³-hybridized carbons (Fsp3) is 0.0435. The average Bonchev–Trinajstić information content (AvgIpc) is 2.79. The van der Waals surface area contributed by atoms with Gasteiger partial charge >= 0.3 is 6.18 Å². The van der Waals surface area contributed by atoms with Crippen LogP contribution >= 0.6 is 11.6 Å². The molecule has 3 N–H and O–H groups in total. The minimum absolute atomic E-state index is 0.0376. The third-order valence-corrected chi connectivity index (χ3v) is 5.55. The summed E-state index contributed by atoms with van der Waals surface area (Å²) in [4.78, 5) is 35.8. The maximum Gasteiger partial charge on any atom is 0.433 e. The van der Waals surface area contributed by atoms with Gasteiger partial charge < -0.3 is 10.7 Å². The van der Waals surface area contributed by atoms with E-state index in [-0.39, 0.29) is 28.0 Å². The van der Waals surface area contributed by atoms with Crippen molar-refractivity contribution in [1.82, 2.24) is 19.5 Å². The molecule has 0 amide bonds. The van der Waals surface area contributed by atoms with Crippen molar-refractivity contribution in [1.29, 1.82) is 0 Å². The number of rotatable bonds is 2. The lowest BCUT2D eigenvalue weighted by atomic mass is 10.0. The highest BCUT2D eigenvalue weighted by Crippen LogP contribution is 2.34. The van der Waals surface area contributed by atoms with Gasteiger partial charge in [-0.2, -0.15) is 13.2 Å². The highest BCUT2D eigenvalue weighted by molar-refractivity contribution is 6.30. The zero-order valence-electron chi connectivity index (χ0n) is 17.0. The highest BCUT2D eigenvalue weighted by atomic mass is 35.5. The maximum atomic E-state index is 13.7. The van der Waals surface area contributed by atoms with Crippen molar-refractivity contribution in [2.45, 2.75) is 6.18 Å². The van der Waals surface area contributed by atoms with Crippen molar-refractivity contribution in [2.75, 3.05) is 5.73 Å². The zero-order chi connectivity index (χ0) is 24.2. The van der Waals surface area contributed by atoms with E-state index in [0.717, 1.165) is 16.8 Å². The normalized spacial score (nSPS) is 11.9. The number of H-pyrrole nitrogens is 1. The van der Waals surface area contributed by atoms with Crippen molar-refractivity contribution < 1.29 is 13.2 Å². The number of halogens is 4. The van der Waals surface area contributed by atoms with Crippen molar-refractivity contribution in [2.24, 2.45) is 0 Å². The monoisotopic (exact) mass is 483 g/mol. The van der Waals surface area contributed by atoms with E-state index < -0.39 is 23.0 Å². The van der Waals surface area contributed by atoms with Gasteiger partial charge in [0.05, 0.1) is 34.2 Å². The number of aromatic amines is 1. The molecule has 3 aromatic heterocycles. The van der Waals surface area contributed by atoms with Gasteiger partial charge in [-0.15, -0.1) is 0 Å². The van der Waals surface area contributed by atoms with Crippen molar-refractivity contribution in [3.05, 3.63) is 92.2 Å². The molecule has 0 saturated heterocycles. The number of benzene rings is 2. The van der Waals surface area contributed by atoms with E-state index in [1.165, 1.54) is 36.4 Å². The van der Waals surface area contributed by atoms with Gasteiger partial charge in [0.15, 0.2) is 0 Å². The quantitative estimate of drug-likeness (QED) is 0.383. The Morgan fingerprint density at radius 2 is 1.74 bits per heavy atom. The number of hydrogen-bond acceptors (Lipinski definition) is 5. The molecule has 11 heteroatoms. The summed E-state index contributed by atoms with van der Waals surface area (Å²) in [6.07, 6.45) is -3.59. The molecular formula is C23H13ClF3N5O2. The van der Waals surface area contributed by atoms with Gasteiger partial charge in [-0.05, 0) is 54.1 Å². The molecule has 0 aliphatic carbocycles. The summed E-state index contributed by atoms with van der Waals surface area (Å²) in [5.74, 6) is 0. The minimum atomic E-state index is -4.72. The molecule has 0 radical (unpaired) electrons. The van der Waals surface area contributed by atoms with E-state index in [9.17, 15) is 22.8 Å². The van der Waals surface area contributed by atoms with Crippen LogP contribution in [0.2, 0.25) is 5.02 Å². The first-order valence-corrected chi connectivity index (χ1v) is 10.2. The zero-order valence-corrected chi connectivity index (χ0v) is 17.8. The predicted octanol–water partition coefficient (Wildman–Crippen LogP) is 4.54. The Morgan fingerprint density at radius 3 is 2.44 bits per heavy atom. The molecule has 5 rings (SSSR count). The summed E-state index contributed by atoms with van der Waals surface area (Å²) >= 11 is 5.96. The van der Waals surface area contributed by atoms with Gasteiger partial charge in [0.1, 0.15) is 11.3 Å². The standard InChI is InChI=1S/C23H13ClF3N5O2/c24-12-2-4-13(5-3-12)32-21-14(6-8-17(31-21)23(25,26)27)20(28)19(22(32)34)11-1-7-15-16(9-11)30-18(33)10-29-15/h1-10H,28H2,(H,30,33). The Morgan fingerprint density at radius 1 is 1.00 bits per heavy atom. The van der Waals surface area contributed by atoms with E-state index >= 15 is 0 Å². The number of nitrogens with one attached hydrogen (secondary N) is 1. The lowest BCUT2D eigenvalue weighted by Gasteiger charge is -2.17. The fourth-order valence-electron chi connectivity index (χ4n) is 3.75. The molecule has 0 atom stereocenters. The van der Waals surface area contributed by atoms with Gasteiger partial charge in [0.2, 0.25) is 0 Å². The molecule has 170 valence electrons. The Hall–Kier alpha value is -4.18. The smallest absolute Gasteiger partial charge is 0.397 e. The number of fused-ring (bicyclic) bond motifs is 2. The van der Waals surface area contributed by atoms with Gasteiger partial charge in [0, 0.05) is 10.4 Å². The van der Waals surface area contributed by atoms with E-state index in [1.54, 1.807) is 12.1 Å². The molecule has 0 unspecified atom stereocenters. The molecular weight excluding hydrogens is 471 g/mol. The topological polar surface area (TPSA) is 107 Å². The molecule has 34 heavy (non-hydrogen) atoms. The molecule has 0 spiro atoms. The Balaban J connectivity index is 1.89. The van der Waals surface area contributed by atoms with Crippen LogP contribution in [0.5, 0.6) is 0 Å². The van der Waals surface area contributed by atoms with Gasteiger partial charge in [-0.3, -0.25) is 14.2 Å².